The predicted octanol–water partition coefficient (Wildman–Crippen LogP) is 4.52. The molecule has 0 aromatic heterocycles. The fourth-order valence-corrected chi connectivity index (χ4v) is 3.60. The number of ether oxygens (including phenoxy) is 1. The number of hydrogen-bond donors (Lipinski definition) is 1. The van der Waals surface area contributed by atoms with E-state index in [2.05, 4.69) is 18.0 Å². The highest BCUT2D eigenvalue weighted by atomic mass is 35.5. The third kappa shape index (κ3) is 4.28. The molecule has 0 fully saturated rings. The smallest absolute Gasteiger partial charge is 0.337 e. The van der Waals surface area contributed by atoms with Crippen molar-refractivity contribution in [1.82, 2.24) is 5.32 Å². The number of esters is 1. The van der Waals surface area contributed by atoms with Crippen LogP contribution in [0.25, 0.3) is 0 Å². The van der Waals surface area contributed by atoms with Crippen LogP contribution in [0.1, 0.15) is 25.3 Å². The van der Waals surface area contributed by atoms with Gasteiger partial charge in [0.15, 0.2) is 0 Å². The van der Waals surface area contributed by atoms with Crippen molar-refractivity contribution in [2.75, 3.05) is 12.4 Å². The maximum absolute atomic E-state index is 12.6. The molecule has 1 aromatic carbocycles. The molecular weight excluding hydrogens is 356 g/mol. The molecular formula is C19H19ClN2O2S. The van der Waals surface area contributed by atoms with Gasteiger partial charge in [0.25, 0.3) is 0 Å². The fraction of sp³-hybridized carbons (Fsp3) is 0.263. The number of nitriles is 1. The van der Waals surface area contributed by atoms with Crippen LogP contribution in [0.3, 0.4) is 0 Å². The van der Waals surface area contributed by atoms with Gasteiger partial charge in [0, 0.05) is 10.7 Å². The van der Waals surface area contributed by atoms with E-state index in [4.69, 9.17) is 16.3 Å². The summed E-state index contributed by atoms with van der Waals surface area (Å²) in [5, 5.41) is 14.3. The van der Waals surface area contributed by atoms with Gasteiger partial charge in [0.1, 0.15) is 6.61 Å². The average molecular weight is 375 g/mol. The Kier molecular flexibility index (Phi) is 6.74. The second kappa shape index (κ2) is 8.80. The Morgan fingerprint density at radius 2 is 2.16 bits per heavy atom. The van der Waals surface area contributed by atoms with Crippen LogP contribution in [-0.2, 0) is 9.53 Å². The standard InChI is InChI=1S/C19H19ClN2O2S/c1-4-10-24-19(23)16-12(3)22-18(25-5-2)15(11-21)17(16)13-6-8-14(20)9-7-13/h4,6-9,17,22H,1,5,10H2,2-3H3/t17-/m0/s1. The minimum atomic E-state index is -0.491. The van der Waals surface area contributed by atoms with Gasteiger partial charge in [-0.25, -0.2) is 4.79 Å². The van der Waals surface area contributed by atoms with Gasteiger partial charge in [-0.15, -0.1) is 11.8 Å². The van der Waals surface area contributed by atoms with Gasteiger partial charge in [-0.3, -0.25) is 0 Å². The number of hydrogen-bond acceptors (Lipinski definition) is 5. The Hall–Kier alpha value is -2.16. The summed E-state index contributed by atoms with van der Waals surface area (Å²) in [6, 6.07) is 9.43. The molecule has 1 aliphatic heterocycles. The van der Waals surface area contributed by atoms with E-state index < -0.39 is 11.9 Å². The van der Waals surface area contributed by atoms with E-state index >= 15 is 0 Å². The van der Waals surface area contributed by atoms with Gasteiger partial charge < -0.3 is 10.1 Å². The van der Waals surface area contributed by atoms with Gasteiger partial charge in [0.05, 0.1) is 28.2 Å². The quantitative estimate of drug-likeness (QED) is 0.586. The molecule has 1 N–H and O–H groups in total. The first-order chi connectivity index (χ1) is 12.0. The van der Waals surface area contributed by atoms with E-state index in [0.29, 0.717) is 21.9 Å². The number of nitrogens with one attached hydrogen (secondary N) is 1. The molecule has 1 aliphatic rings. The number of carbonyl (C=O) groups is 1. The van der Waals surface area contributed by atoms with Gasteiger partial charge in [-0.1, -0.05) is 43.3 Å². The molecule has 1 aromatic rings. The third-order valence-corrected chi connectivity index (χ3v) is 4.84. The van der Waals surface area contributed by atoms with E-state index in [-0.39, 0.29) is 6.61 Å². The first kappa shape index (κ1) is 19.2. The number of halogens is 1. The number of rotatable bonds is 6. The molecule has 0 saturated carbocycles. The number of benzene rings is 1. The molecule has 1 heterocycles. The zero-order valence-electron chi connectivity index (χ0n) is 14.1. The first-order valence-electron chi connectivity index (χ1n) is 7.81. The molecule has 0 aliphatic carbocycles. The minimum Gasteiger partial charge on any atom is -0.458 e. The molecule has 0 saturated heterocycles. The molecule has 6 heteroatoms. The van der Waals surface area contributed by atoms with E-state index in [9.17, 15) is 10.1 Å². The van der Waals surface area contributed by atoms with Crippen LogP contribution in [0.2, 0.25) is 5.02 Å². The molecule has 2 rings (SSSR count). The molecule has 0 spiro atoms. The highest BCUT2D eigenvalue weighted by molar-refractivity contribution is 8.03. The molecule has 4 nitrogen and oxygen atoms in total. The summed E-state index contributed by atoms with van der Waals surface area (Å²) in [4.78, 5) is 12.6. The second-order valence-corrected chi connectivity index (χ2v) is 7.03. The molecule has 0 amide bonds. The molecule has 1 atom stereocenters. The van der Waals surface area contributed by atoms with E-state index in [0.717, 1.165) is 16.3 Å². The van der Waals surface area contributed by atoms with Crippen LogP contribution in [0.5, 0.6) is 0 Å². The van der Waals surface area contributed by atoms with Crippen LogP contribution >= 0.6 is 23.4 Å². The monoisotopic (exact) mass is 374 g/mol. The lowest BCUT2D eigenvalue weighted by molar-refractivity contribution is -0.138. The molecule has 130 valence electrons. The number of dihydropyridines is 1. The summed E-state index contributed by atoms with van der Waals surface area (Å²) >= 11 is 7.53. The molecule has 0 unspecified atom stereocenters. The summed E-state index contributed by atoms with van der Waals surface area (Å²) < 4.78 is 5.24. The highest BCUT2D eigenvalue weighted by Crippen LogP contribution is 2.41. The summed E-state index contributed by atoms with van der Waals surface area (Å²) in [5.74, 6) is -0.141. The van der Waals surface area contributed by atoms with Crippen molar-refractivity contribution in [3.8, 4) is 6.07 Å². The average Bonchev–Trinajstić information content (AvgIpc) is 2.60. The lowest BCUT2D eigenvalue weighted by atomic mass is 9.82. The fourth-order valence-electron chi connectivity index (χ4n) is 2.64. The number of allylic oxidation sites excluding steroid dienone is 2. The van der Waals surface area contributed by atoms with Crippen LogP contribution in [-0.4, -0.2) is 18.3 Å². The van der Waals surface area contributed by atoms with E-state index in [1.54, 1.807) is 12.1 Å². The van der Waals surface area contributed by atoms with Gasteiger partial charge in [-0.2, -0.15) is 5.26 Å². The van der Waals surface area contributed by atoms with Crippen molar-refractivity contribution in [3.05, 3.63) is 69.4 Å². The predicted molar refractivity (Wildman–Crippen MR) is 102 cm³/mol. The number of nitrogens with zero attached hydrogens (tertiary/aromatic N) is 1. The Balaban J connectivity index is 2.57. The number of thioether (sulfide) groups is 1. The zero-order chi connectivity index (χ0) is 18.4. The van der Waals surface area contributed by atoms with Gasteiger partial charge in [0.2, 0.25) is 0 Å². The lowest BCUT2D eigenvalue weighted by Crippen LogP contribution is -2.28. The topological polar surface area (TPSA) is 62.1 Å². The van der Waals surface area contributed by atoms with E-state index in [1.807, 2.05) is 26.0 Å². The van der Waals surface area contributed by atoms with Crippen molar-refractivity contribution < 1.29 is 9.53 Å². The molecule has 0 radical (unpaired) electrons. The Morgan fingerprint density at radius 3 is 2.72 bits per heavy atom. The van der Waals surface area contributed by atoms with Gasteiger partial charge >= 0.3 is 5.97 Å². The van der Waals surface area contributed by atoms with Crippen molar-refractivity contribution >= 4 is 29.3 Å². The summed E-state index contributed by atoms with van der Waals surface area (Å²) in [6.07, 6.45) is 1.51. The van der Waals surface area contributed by atoms with Crippen LogP contribution in [0.4, 0.5) is 0 Å². The Bertz CT molecular complexity index is 776. The second-order valence-electron chi connectivity index (χ2n) is 5.32. The maximum Gasteiger partial charge on any atom is 0.337 e. The highest BCUT2D eigenvalue weighted by Gasteiger charge is 2.35. The van der Waals surface area contributed by atoms with Crippen molar-refractivity contribution in [2.45, 2.75) is 19.8 Å². The minimum absolute atomic E-state index is 0.116. The Morgan fingerprint density at radius 1 is 1.48 bits per heavy atom. The van der Waals surface area contributed by atoms with Crippen LogP contribution in [0.15, 0.2) is 58.8 Å². The summed E-state index contributed by atoms with van der Waals surface area (Å²) in [7, 11) is 0. The zero-order valence-corrected chi connectivity index (χ0v) is 15.7. The largest absolute Gasteiger partial charge is 0.458 e. The molecule has 0 bridgehead atoms. The van der Waals surface area contributed by atoms with Crippen LogP contribution in [0, 0.1) is 11.3 Å². The normalized spacial score (nSPS) is 17.0. The number of carbonyl (C=O) groups excluding carboxylic acids is 1. The van der Waals surface area contributed by atoms with Crippen molar-refractivity contribution in [2.24, 2.45) is 0 Å². The van der Waals surface area contributed by atoms with Crippen molar-refractivity contribution in [1.29, 1.82) is 5.26 Å². The Labute approximate surface area is 157 Å². The lowest BCUT2D eigenvalue weighted by Gasteiger charge is -2.29. The first-order valence-corrected chi connectivity index (χ1v) is 9.18. The van der Waals surface area contributed by atoms with E-state index in [1.165, 1.54) is 17.8 Å². The summed E-state index contributed by atoms with van der Waals surface area (Å²) in [6.45, 7) is 7.51. The summed E-state index contributed by atoms with van der Waals surface area (Å²) in [5.41, 5.74) is 2.44. The third-order valence-electron chi connectivity index (χ3n) is 3.69. The molecule has 25 heavy (non-hydrogen) atoms. The van der Waals surface area contributed by atoms with Gasteiger partial charge in [-0.05, 0) is 30.4 Å². The maximum atomic E-state index is 12.6. The van der Waals surface area contributed by atoms with Crippen LogP contribution < -0.4 is 5.32 Å². The van der Waals surface area contributed by atoms with Crippen molar-refractivity contribution in [3.63, 3.8) is 0 Å². The SMILES string of the molecule is C=CCOC(=O)C1=C(C)NC(SCC)=C(C#N)[C@@H]1c1ccc(Cl)cc1.